The topological polar surface area (TPSA) is 63.9 Å². The molecular weight excluding hydrogens is 285 g/mol. The predicted molar refractivity (Wildman–Crippen MR) is 77.3 cm³/mol. The quantitative estimate of drug-likeness (QED) is 0.852. The van der Waals surface area contributed by atoms with E-state index >= 15 is 0 Å². The average Bonchev–Trinajstić information content (AvgIpc) is 3.14. The van der Waals surface area contributed by atoms with E-state index in [2.05, 4.69) is 15.5 Å². The molecule has 1 unspecified atom stereocenters. The Kier molecular flexibility index (Phi) is 4.13. The van der Waals surface area contributed by atoms with Crippen molar-refractivity contribution in [2.45, 2.75) is 26.3 Å². The van der Waals surface area contributed by atoms with Crippen LogP contribution in [0.25, 0.3) is 0 Å². The van der Waals surface area contributed by atoms with Crippen LogP contribution < -0.4 is 0 Å². The van der Waals surface area contributed by atoms with Crippen LogP contribution in [0, 0.1) is 18.7 Å². The van der Waals surface area contributed by atoms with Crippen molar-refractivity contribution in [1.82, 2.24) is 25.1 Å². The second kappa shape index (κ2) is 6.21. The molecule has 22 heavy (non-hydrogen) atoms. The lowest BCUT2D eigenvalue weighted by molar-refractivity contribution is -0.131. The van der Waals surface area contributed by atoms with Gasteiger partial charge >= 0.3 is 0 Å². The van der Waals surface area contributed by atoms with Gasteiger partial charge in [-0.3, -0.25) is 4.79 Å². The van der Waals surface area contributed by atoms with E-state index in [4.69, 9.17) is 0 Å². The van der Waals surface area contributed by atoms with Gasteiger partial charge in [0.05, 0.1) is 0 Å². The van der Waals surface area contributed by atoms with Gasteiger partial charge in [-0.1, -0.05) is 12.1 Å². The van der Waals surface area contributed by atoms with E-state index in [1.54, 1.807) is 19.1 Å². The van der Waals surface area contributed by atoms with Crippen LogP contribution in [0.15, 0.2) is 24.5 Å². The minimum Gasteiger partial charge on any atom is -0.341 e. The van der Waals surface area contributed by atoms with Crippen molar-refractivity contribution in [3.05, 3.63) is 41.5 Å². The van der Waals surface area contributed by atoms with E-state index in [1.165, 1.54) is 11.0 Å². The molecule has 1 aliphatic rings. The van der Waals surface area contributed by atoms with Gasteiger partial charge in [0.2, 0.25) is 5.91 Å². The van der Waals surface area contributed by atoms with Crippen LogP contribution in [0.1, 0.15) is 17.5 Å². The molecule has 1 aliphatic heterocycles. The monoisotopic (exact) mass is 303 g/mol. The zero-order chi connectivity index (χ0) is 15.5. The summed E-state index contributed by atoms with van der Waals surface area (Å²) in [6, 6.07) is 5.37. The highest BCUT2D eigenvalue weighted by Gasteiger charge is 2.26. The third kappa shape index (κ3) is 3.29. The van der Waals surface area contributed by atoms with Crippen molar-refractivity contribution >= 4 is 5.91 Å². The molecule has 2 aromatic rings. The highest BCUT2D eigenvalue weighted by molar-refractivity contribution is 5.76. The van der Waals surface area contributed by atoms with Crippen molar-refractivity contribution in [2.75, 3.05) is 13.1 Å². The first-order valence-corrected chi connectivity index (χ1v) is 7.35. The summed E-state index contributed by atoms with van der Waals surface area (Å²) in [6.07, 6.45) is 3.17. The lowest BCUT2D eigenvalue weighted by atomic mass is 9.98. The van der Waals surface area contributed by atoms with Gasteiger partial charge < -0.3 is 4.90 Å². The Morgan fingerprint density at radius 2 is 2.32 bits per heavy atom. The van der Waals surface area contributed by atoms with E-state index in [0.29, 0.717) is 18.0 Å². The molecule has 1 aromatic carbocycles. The Balaban J connectivity index is 1.55. The zero-order valence-electron chi connectivity index (χ0n) is 12.4. The predicted octanol–water partition coefficient (Wildman–Crippen LogP) is 1.21. The molecule has 3 rings (SSSR count). The molecule has 0 spiro atoms. The van der Waals surface area contributed by atoms with Crippen molar-refractivity contribution in [3.63, 3.8) is 0 Å². The number of amides is 1. The smallest absolute Gasteiger partial charge is 0.244 e. The summed E-state index contributed by atoms with van der Waals surface area (Å²) in [5, 5.41) is 10.7. The van der Waals surface area contributed by atoms with Gasteiger partial charge in [0.25, 0.3) is 0 Å². The fourth-order valence-corrected chi connectivity index (χ4v) is 2.81. The maximum absolute atomic E-state index is 13.6. The molecule has 0 saturated carbocycles. The summed E-state index contributed by atoms with van der Waals surface area (Å²) in [5.74, 6) is 0.229. The SMILES string of the molecule is Cc1ccc(CC2CCN(C(=O)Cn3cnnn3)C2)cc1F. The van der Waals surface area contributed by atoms with Crippen LogP contribution in [0.2, 0.25) is 0 Å². The summed E-state index contributed by atoms with van der Waals surface area (Å²) in [7, 11) is 0. The molecule has 1 aromatic heterocycles. The molecule has 0 aliphatic carbocycles. The van der Waals surface area contributed by atoms with Crippen molar-refractivity contribution in [2.24, 2.45) is 5.92 Å². The maximum Gasteiger partial charge on any atom is 0.244 e. The highest BCUT2D eigenvalue weighted by Crippen LogP contribution is 2.22. The number of aryl methyl sites for hydroxylation is 1. The fraction of sp³-hybridized carbons (Fsp3) is 0.467. The van der Waals surface area contributed by atoms with E-state index in [0.717, 1.165) is 24.9 Å². The minimum absolute atomic E-state index is 0.0184. The first-order chi connectivity index (χ1) is 10.6. The summed E-state index contributed by atoms with van der Waals surface area (Å²) < 4.78 is 15.0. The molecule has 0 bridgehead atoms. The molecule has 1 saturated heterocycles. The maximum atomic E-state index is 13.6. The number of tetrazole rings is 1. The first kappa shape index (κ1) is 14.6. The van der Waals surface area contributed by atoms with Crippen LogP contribution in [0.3, 0.4) is 0 Å². The molecule has 6 nitrogen and oxygen atoms in total. The van der Waals surface area contributed by atoms with Crippen LogP contribution in [-0.4, -0.2) is 44.1 Å². The second-order valence-electron chi connectivity index (χ2n) is 5.79. The van der Waals surface area contributed by atoms with Crippen molar-refractivity contribution < 1.29 is 9.18 Å². The van der Waals surface area contributed by atoms with Gasteiger partial charge in [-0.05, 0) is 53.3 Å². The van der Waals surface area contributed by atoms with Gasteiger partial charge in [0.15, 0.2) is 0 Å². The third-order valence-electron chi connectivity index (χ3n) is 4.09. The summed E-state index contributed by atoms with van der Waals surface area (Å²) in [5.41, 5.74) is 1.65. The van der Waals surface area contributed by atoms with Crippen LogP contribution in [0.4, 0.5) is 4.39 Å². The van der Waals surface area contributed by atoms with Gasteiger partial charge in [-0.25, -0.2) is 9.07 Å². The number of rotatable bonds is 4. The number of benzene rings is 1. The van der Waals surface area contributed by atoms with Gasteiger partial charge in [-0.15, -0.1) is 5.10 Å². The van der Waals surface area contributed by atoms with Crippen LogP contribution in [0.5, 0.6) is 0 Å². The minimum atomic E-state index is -0.165. The van der Waals surface area contributed by atoms with Gasteiger partial charge in [-0.2, -0.15) is 0 Å². The molecule has 1 fully saturated rings. The molecular formula is C15H18FN5O. The molecule has 0 N–H and O–H groups in total. The number of hydrogen-bond donors (Lipinski definition) is 0. The van der Waals surface area contributed by atoms with Crippen molar-refractivity contribution in [1.29, 1.82) is 0 Å². The lowest BCUT2D eigenvalue weighted by Gasteiger charge is -2.16. The number of aromatic nitrogens is 4. The Morgan fingerprint density at radius 1 is 1.45 bits per heavy atom. The van der Waals surface area contributed by atoms with Crippen LogP contribution in [-0.2, 0) is 17.8 Å². The fourth-order valence-electron chi connectivity index (χ4n) is 2.81. The first-order valence-electron chi connectivity index (χ1n) is 7.35. The largest absolute Gasteiger partial charge is 0.341 e. The molecule has 1 atom stereocenters. The summed E-state index contributed by atoms with van der Waals surface area (Å²) in [6.45, 7) is 3.36. The summed E-state index contributed by atoms with van der Waals surface area (Å²) >= 11 is 0. The summed E-state index contributed by atoms with van der Waals surface area (Å²) in [4.78, 5) is 14.0. The number of carbonyl (C=O) groups excluding carboxylic acids is 1. The number of likely N-dealkylation sites (tertiary alicyclic amines) is 1. The number of halogens is 1. The van der Waals surface area contributed by atoms with E-state index < -0.39 is 0 Å². The normalized spacial score (nSPS) is 17.9. The molecule has 116 valence electrons. The zero-order valence-corrected chi connectivity index (χ0v) is 12.4. The Hall–Kier alpha value is -2.31. The highest BCUT2D eigenvalue weighted by atomic mass is 19.1. The van der Waals surface area contributed by atoms with Gasteiger partial charge in [0, 0.05) is 13.1 Å². The third-order valence-corrected chi connectivity index (χ3v) is 4.09. The standard InChI is InChI=1S/C15H18FN5O/c1-11-2-3-12(7-14(11)16)6-13-4-5-20(8-13)15(22)9-21-10-17-18-19-21/h2-3,7,10,13H,4-6,8-9H2,1H3. The Bertz CT molecular complexity index is 658. The second-order valence-corrected chi connectivity index (χ2v) is 5.79. The Labute approximate surface area is 127 Å². The lowest BCUT2D eigenvalue weighted by Crippen LogP contribution is -2.32. The number of nitrogens with zero attached hydrogens (tertiary/aromatic N) is 5. The number of hydrogen-bond acceptors (Lipinski definition) is 4. The van der Waals surface area contributed by atoms with Gasteiger partial charge in [0.1, 0.15) is 18.7 Å². The van der Waals surface area contributed by atoms with E-state index in [9.17, 15) is 9.18 Å². The average molecular weight is 303 g/mol. The van der Waals surface area contributed by atoms with Crippen LogP contribution >= 0.6 is 0 Å². The van der Waals surface area contributed by atoms with E-state index in [1.807, 2.05) is 11.0 Å². The molecule has 0 radical (unpaired) electrons. The molecule has 2 heterocycles. The molecule has 1 amide bonds. The Morgan fingerprint density at radius 3 is 3.05 bits per heavy atom. The van der Waals surface area contributed by atoms with E-state index in [-0.39, 0.29) is 18.3 Å². The molecule has 7 heteroatoms. The number of carbonyl (C=O) groups is 1. The van der Waals surface area contributed by atoms with Crippen molar-refractivity contribution in [3.8, 4) is 0 Å².